The molecule has 0 bridgehead atoms. The van der Waals surface area contributed by atoms with Crippen LogP contribution in [0.25, 0.3) is 109 Å². The van der Waals surface area contributed by atoms with E-state index >= 15 is 0 Å². The third-order valence-electron chi connectivity index (χ3n) is 11.8. The Balaban J connectivity index is 1.30. The fourth-order valence-corrected chi connectivity index (χ4v) is 9.62. The summed E-state index contributed by atoms with van der Waals surface area (Å²) >= 11 is 0. The minimum Gasteiger partial charge on any atom is -0.456 e. The lowest BCUT2D eigenvalue weighted by atomic mass is 9.78. The molecule has 0 spiro atoms. The summed E-state index contributed by atoms with van der Waals surface area (Å²) in [5.41, 5.74) is 9.73. The molecule has 12 rings (SSSR count). The number of benzene rings is 11. The normalized spacial score (nSPS) is 12.1. The molecule has 0 aliphatic carbocycles. The monoisotopic (exact) mass is 696 g/mol. The molecule has 0 saturated heterocycles. The number of fused-ring (bicyclic) bond motifs is 10. The molecule has 55 heavy (non-hydrogen) atoms. The summed E-state index contributed by atoms with van der Waals surface area (Å²) in [6, 6.07) is 71.1. The molecular weight excluding hydrogens is 665 g/mol. The average molecular weight is 697 g/mol. The van der Waals surface area contributed by atoms with E-state index in [1.54, 1.807) is 0 Å². The van der Waals surface area contributed by atoms with Crippen LogP contribution in [0.4, 0.5) is 0 Å². The summed E-state index contributed by atoms with van der Waals surface area (Å²) < 4.78 is 6.64. The van der Waals surface area contributed by atoms with Gasteiger partial charge in [0.05, 0.1) is 0 Å². The molecule has 0 atom stereocenters. The first-order valence-corrected chi connectivity index (χ1v) is 19.0. The summed E-state index contributed by atoms with van der Waals surface area (Å²) in [6.45, 7) is 0. The zero-order chi connectivity index (χ0) is 36.0. The van der Waals surface area contributed by atoms with Crippen LogP contribution >= 0.6 is 0 Å². The van der Waals surface area contributed by atoms with Gasteiger partial charge in [-0.15, -0.1) is 0 Å². The van der Waals surface area contributed by atoms with Gasteiger partial charge in [0.1, 0.15) is 11.5 Å². The van der Waals surface area contributed by atoms with Gasteiger partial charge in [0, 0.05) is 16.5 Å². The van der Waals surface area contributed by atoms with Crippen LogP contribution in [0.2, 0.25) is 0 Å². The molecule has 1 aliphatic heterocycles. The zero-order valence-corrected chi connectivity index (χ0v) is 29.9. The second-order valence-corrected chi connectivity index (χ2v) is 14.7. The van der Waals surface area contributed by atoms with Gasteiger partial charge in [0.15, 0.2) is 0 Å². The van der Waals surface area contributed by atoms with E-state index in [1.165, 1.54) is 98.2 Å². The minimum absolute atomic E-state index is 0.883. The van der Waals surface area contributed by atoms with Gasteiger partial charge >= 0.3 is 0 Å². The molecule has 0 N–H and O–H groups in total. The highest BCUT2D eigenvalue weighted by Gasteiger charge is 2.29. The second kappa shape index (κ2) is 11.6. The fraction of sp³-hybridized carbons (Fsp3) is 0. The molecule has 1 heterocycles. The number of hydrogen-bond donors (Lipinski definition) is 0. The van der Waals surface area contributed by atoms with E-state index in [4.69, 9.17) is 4.74 Å². The minimum atomic E-state index is 0.883. The Labute approximate surface area is 318 Å². The Morgan fingerprint density at radius 2 is 0.727 bits per heavy atom. The van der Waals surface area contributed by atoms with Gasteiger partial charge < -0.3 is 4.74 Å². The van der Waals surface area contributed by atoms with Crippen LogP contribution in [-0.2, 0) is 0 Å². The number of para-hydroxylation sites is 1. The van der Waals surface area contributed by atoms with Crippen molar-refractivity contribution < 1.29 is 4.74 Å². The second-order valence-electron chi connectivity index (χ2n) is 14.7. The van der Waals surface area contributed by atoms with E-state index in [9.17, 15) is 0 Å². The van der Waals surface area contributed by atoms with Crippen molar-refractivity contribution in [2.75, 3.05) is 0 Å². The van der Waals surface area contributed by atoms with Crippen molar-refractivity contribution in [3.63, 3.8) is 0 Å². The quantitative estimate of drug-likeness (QED) is 0.132. The third kappa shape index (κ3) is 4.30. The summed E-state index contributed by atoms with van der Waals surface area (Å²) in [4.78, 5) is 0. The first kappa shape index (κ1) is 30.3. The van der Waals surface area contributed by atoms with Gasteiger partial charge in [-0.05, 0) is 111 Å². The summed E-state index contributed by atoms with van der Waals surface area (Å²) in [7, 11) is 0. The SMILES string of the molecule is c1ccc(-c2cc3cccc4c3c(c2-c2c3ccccc3c(-c3cccc5c6ccccc6c6ccccc6c35)c3ccccc23)-c2ccccc2O4)cc1. The van der Waals surface area contributed by atoms with Gasteiger partial charge in [-0.25, -0.2) is 0 Å². The van der Waals surface area contributed by atoms with Crippen molar-refractivity contribution in [2.45, 2.75) is 0 Å². The van der Waals surface area contributed by atoms with Gasteiger partial charge in [-0.1, -0.05) is 176 Å². The van der Waals surface area contributed by atoms with E-state index in [2.05, 4.69) is 194 Å². The Bertz CT molecular complexity index is 3290. The van der Waals surface area contributed by atoms with Crippen LogP contribution in [0.15, 0.2) is 194 Å². The van der Waals surface area contributed by atoms with E-state index < -0.39 is 0 Å². The van der Waals surface area contributed by atoms with Crippen molar-refractivity contribution in [2.24, 2.45) is 0 Å². The van der Waals surface area contributed by atoms with E-state index in [1.807, 2.05) is 0 Å². The van der Waals surface area contributed by atoms with E-state index in [0.717, 1.165) is 22.4 Å². The number of hydrogen-bond acceptors (Lipinski definition) is 1. The third-order valence-corrected chi connectivity index (χ3v) is 11.8. The van der Waals surface area contributed by atoms with Gasteiger partial charge in [0.25, 0.3) is 0 Å². The number of ether oxygens (including phenoxy) is 1. The molecule has 0 amide bonds. The smallest absolute Gasteiger partial charge is 0.135 e. The Morgan fingerprint density at radius 1 is 0.255 bits per heavy atom. The van der Waals surface area contributed by atoms with Crippen molar-refractivity contribution in [3.05, 3.63) is 194 Å². The summed E-state index contributed by atoms with van der Waals surface area (Å²) in [5.74, 6) is 1.78. The van der Waals surface area contributed by atoms with Crippen molar-refractivity contribution in [3.8, 4) is 56.0 Å². The molecular formula is C54H32O. The largest absolute Gasteiger partial charge is 0.456 e. The van der Waals surface area contributed by atoms with Crippen LogP contribution in [-0.4, -0.2) is 0 Å². The molecule has 11 aromatic carbocycles. The van der Waals surface area contributed by atoms with E-state index in [-0.39, 0.29) is 0 Å². The molecule has 0 aromatic heterocycles. The lowest BCUT2D eigenvalue weighted by Gasteiger charge is -2.28. The molecule has 11 aromatic rings. The van der Waals surface area contributed by atoms with E-state index in [0.29, 0.717) is 0 Å². The Kier molecular flexibility index (Phi) is 6.40. The van der Waals surface area contributed by atoms with Gasteiger partial charge in [-0.3, -0.25) is 0 Å². The van der Waals surface area contributed by atoms with Gasteiger partial charge in [-0.2, -0.15) is 0 Å². The first-order valence-electron chi connectivity index (χ1n) is 19.0. The maximum atomic E-state index is 6.64. The lowest BCUT2D eigenvalue weighted by Crippen LogP contribution is -2.02. The molecule has 0 unspecified atom stereocenters. The zero-order valence-electron chi connectivity index (χ0n) is 29.9. The van der Waals surface area contributed by atoms with Crippen LogP contribution in [0, 0.1) is 0 Å². The Hall–Kier alpha value is -7.22. The van der Waals surface area contributed by atoms with Crippen LogP contribution in [0.5, 0.6) is 11.5 Å². The Morgan fingerprint density at radius 3 is 1.40 bits per heavy atom. The highest BCUT2D eigenvalue weighted by Crippen LogP contribution is 2.56. The molecule has 0 radical (unpaired) electrons. The van der Waals surface area contributed by atoms with Crippen molar-refractivity contribution in [1.82, 2.24) is 0 Å². The van der Waals surface area contributed by atoms with Crippen LogP contribution in [0.3, 0.4) is 0 Å². The standard InChI is InChI=1S/C54H32O/c1-2-16-33(17-3-1)46-32-34-18-14-31-48-49(34)53(44-27-12-13-30-47(44)55-48)54(46)52-42-25-10-8-23-40(42)51(41-24-9-11-26-43(41)52)45-29-15-28-39-37-20-5-4-19-35(37)36-21-6-7-22-38(36)50(39)45/h1-32H. The van der Waals surface area contributed by atoms with Crippen LogP contribution < -0.4 is 4.74 Å². The van der Waals surface area contributed by atoms with Crippen LogP contribution in [0.1, 0.15) is 0 Å². The predicted octanol–water partition coefficient (Wildman–Crippen LogP) is 15.4. The summed E-state index contributed by atoms with van der Waals surface area (Å²) in [5, 5.41) is 15.0. The van der Waals surface area contributed by atoms with Crippen molar-refractivity contribution >= 4 is 64.6 Å². The maximum absolute atomic E-state index is 6.64. The molecule has 1 aliphatic rings. The predicted molar refractivity (Wildman–Crippen MR) is 233 cm³/mol. The highest BCUT2D eigenvalue weighted by atomic mass is 16.5. The average Bonchev–Trinajstić information content (AvgIpc) is 3.26. The molecule has 0 saturated carbocycles. The lowest BCUT2D eigenvalue weighted by molar-refractivity contribution is 0.487. The highest BCUT2D eigenvalue weighted by molar-refractivity contribution is 6.33. The van der Waals surface area contributed by atoms with Gasteiger partial charge in [0.2, 0.25) is 0 Å². The summed E-state index contributed by atoms with van der Waals surface area (Å²) in [6.07, 6.45) is 0. The molecule has 1 nitrogen and oxygen atoms in total. The number of rotatable bonds is 3. The maximum Gasteiger partial charge on any atom is 0.135 e. The topological polar surface area (TPSA) is 9.23 Å². The van der Waals surface area contributed by atoms with Crippen molar-refractivity contribution in [1.29, 1.82) is 0 Å². The fourth-order valence-electron chi connectivity index (χ4n) is 9.62. The first-order chi connectivity index (χ1) is 27.3. The molecule has 0 fully saturated rings. The molecule has 1 heteroatoms. The molecule has 254 valence electrons.